The minimum atomic E-state index is 0.780. The van der Waals surface area contributed by atoms with Crippen molar-refractivity contribution in [2.24, 2.45) is 0 Å². The second kappa shape index (κ2) is 6.53. The Bertz CT molecular complexity index is 450. The third kappa shape index (κ3) is 3.41. The highest BCUT2D eigenvalue weighted by molar-refractivity contribution is 5.42. The molecule has 0 saturated carbocycles. The zero-order valence-corrected chi connectivity index (χ0v) is 13.1. The molecule has 1 aromatic rings. The van der Waals surface area contributed by atoms with Crippen molar-refractivity contribution in [3.63, 3.8) is 0 Å². The molecule has 0 atom stereocenters. The highest BCUT2D eigenvalue weighted by Gasteiger charge is 2.20. The van der Waals surface area contributed by atoms with E-state index in [4.69, 9.17) is 4.98 Å². The summed E-state index contributed by atoms with van der Waals surface area (Å²) in [5.74, 6) is 1.74. The average Bonchev–Trinajstić information content (AvgIpc) is 2.56. The third-order valence-electron chi connectivity index (χ3n) is 4.46. The summed E-state index contributed by atoms with van der Waals surface area (Å²) in [7, 11) is 2.16. The fraction of sp³-hybridized carbons (Fsp3) is 0.786. The second-order valence-corrected chi connectivity index (χ2v) is 5.83. The molecule has 2 saturated heterocycles. The quantitative estimate of drug-likeness (QED) is 0.762. The SMILES string of the molecule is CCN1CCN(c2nncc(N3CCN(C)CC3)n2)CC1. The van der Waals surface area contributed by atoms with Crippen LogP contribution < -0.4 is 9.80 Å². The molecule has 0 radical (unpaired) electrons. The molecule has 2 aliphatic heterocycles. The largest absolute Gasteiger partial charge is 0.353 e. The molecule has 2 fully saturated rings. The first-order valence-corrected chi connectivity index (χ1v) is 7.87. The van der Waals surface area contributed by atoms with Gasteiger partial charge in [0.25, 0.3) is 0 Å². The molecule has 0 N–H and O–H groups in total. The number of likely N-dealkylation sites (N-methyl/N-ethyl adjacent to an activating group) is 2. The van der Waals surface area contributed by atoms with E-state index in [1.165, 1.54) is 0 Å². The molecule has 3 heterocycles. The van der Waals surface area contributed by atoms with E-state index in [1.54, 1.807) is 6.20 Å². The van der Waals surface area contributed by atoms with E-state index in [1.807, 2.05) is 0 Å². The second-order valence-electron chi connectivity index (χ2n) is 5.83. The molecule has 0 aromatic carbocycles. The molecular weight excluding hydrogens is 266 g/mol. The monoisotopic (exact) mass is 291 g/mol. The minimum absolute atomic E-state index is 0.780. The summed E-state index contributed by atoms with van der Waals surface area (Å²) in [6.07, 6.45) is 1.79. The molecule has 116 valence electrons. The lowest BCUT2D eigenvalue weighted by Crippen LogP contribution is -2.47. The van der Waals surface area contributed by atoms with Gasteiger partial charge < -0.3 is 19.6 Å². The molecule has 1 aromatic heterocycles. The van der Waals surface area contributed by atoms with Crippen LogP contribution in [0, 0.1) is 0 Å². The summed E-state index contributed by atoms with van der Waals surface area (Å²) in [4.78, 5) is 14.1. The van der Waals surface area contributed by atoms with Gasteiger partial charge in [-0.05, 0) is 13.6 Å². The molecule has 21 heavy (non-hydrogen) atoms. The van der Waals surface area contributed by atoms with Gasteiger partial charge in [0.1, 0.15) is 0 Å². The van der Waals surface area contributed by atoms with Crippen LogP contribution in [0.4, 0.5) is 11.8 Å². The molecule has 0 spiro atoms. The van der Waals surface area contributed by atoms with Crippen molar-refractivity contribution in [1.29, 1.82) is 0 Å². The maximum absolute atomic E-state index is 4.74. The summed E-state index contributed by atoms with van der Waals surface area (Å²) >= 11 is 0. The van der Waals surface area contributed by atoms with Crippen LogP contribution in [-0.2, 0) is 0 Å². The molecule has 7 nitrogen and oxygen atoms in total. The Hall–Kier alpha value is -1.47. The predicted octanol–water partition coefficient (Wildman–Crippen LogP) is -0.235. The van der Waals surface area contributed by atoms with E-state index in [9.17, 15) is 0 Å². The van der Waals surface area contributed by atoms with E-state index < -0.39 is 0 Å². The molecule has 2 aliphatic rings. The number of aromatic nitrogens is 3. The molecule has 0 bridgehead atoms. The summed E-state index contributed by atoms with van der Waals surface area (Å²) in [6.45, 7) is 11.6. The number of hydrogen-bond acceptors (Lipinski definition) is 7. The Morgan fingerprint density at radius 2 is 1.62 bits per heavy atom. The number of piperazine rings is 2. The van der Waals surface area contributed by atoms with E-state index in [2.05, 4.69) is 43.8 Å². The number of rotatable bonds is 3. The van der Waals surface area contributed by atoms with Gasteiger partial charge in [0.05, 0.1) is 6.20 Å². The Balaban J connectivity index is 1.66. The van der Waals surface area contributed by atoms with Crippen molar-refractivity contribution in [2.45, 2.75) is 6.92 Å². The molecule has 0 amide bonds. The lowest BCUT2D eigenvalue weighted by molar-refractivity contribution is 0.269. The molecule has 7 heteroatoms. The zero-order chi connectivity index (χ0) is 14.7. The van der Waals surface area contributed by atoms with Crippen molar-refractivity contribution in [3.05, 3.63) is 6.20 Å². The van der Waals surface area contributed by atoms with Crippen LogP contribution in [-0.4, -0.2) is 90.9 Å². The first-order valence-electron chi connectivity index (χ1n) is 7.87. The van der Waals surface area contributed by atoms with Crippen molar-refractivity contribution in [3.8, 4) is 0 Å². The van der Waals surface area contributed by atoms with Crippen LogP contribution in [0.3, 0.4) is 0 Å². The van der Waals surface area contributed by atoms with Gasteiger partial charge in [0, 0.05) is 52.4 Å². The molecule has 0 unspecified atom stereocenters. The van der Waals surface area contributed by atoms with Gasteiger partial charge in [0.15, 0.2) is 5.82 Å². The van der Waals surface area contributed by atoms with E-state index in [0.29, 0.717) is 0 Å². The van der Waals surface area contributed by atoms with E-state index in [0.717, 1.165) is 70.7 Å². The van der Waals surface area contributed by atoms with Gasteiger partial charge in [-0.2, -0.15) is 10.1 Å². The first-order chi connectivity index (χ1) is 10.3. The van der Waals surface area contributed by atoms with Crippen molar-refractivity contribution < 1.29 is 0 Å². The molecule has 3 rings (SSSR count). The standard InChI is InChI=1S/C14H25N7/c1-3-19-6-10-21(11-7-19)14-16-13(12-15-17-14)20-8-4-18(2)5-9-20/h12H,3-11H2,1-2H3. The lowest BCUT2D eigenvalue weighted by atomic mass is 10.3. The first kappa shape index (κ1) is 14.5. The smallest absolute Gasteiger partial charge is 0.247 e. The van der Waals surface area contributed by atoms with Crippen LogP contribution in [0.2, 0.25) is 0 Å². The highest BCUT2D eigenvalue weighted by Crippen LogP contribution is 2.16. The van der Waals surface area contributed by atoms with Gasteiger partial charge in [-0.25, -0.2) is 0 Å². The van der Waals surface area contributed by atoms with E-state index in [-0.39, 0.29) is 0 Å². The van der Waals surface area contributed by atoms with Crippen LogP contribution >= 0.6 is 0 Å². The van der Waals surface area contributed by atoms with Crippen LogP contribution in [0.5, 0.6) is 0 Å². The van der Waals surface area contributed by atoms with Crippen molar-refractivity contribution in [2.75, 3.05) is 75.8 Å². The number of anilines is 2. The fourth-order valence-electron chi connectivity index (χ4n) is 2.87. The Kier molecular flexibility index (Phi) is 4.50. The molecular formula is C14H25N7. The maximum Gasteiger partial charge on any atom is 0.247 e. The lowest BCUT2D eigenvalue weighted by Gasteiger charge is -2.35. The summed E-state index contributed by atoms with van der Waals surface area (Å²) in [6, 6.07) is 0. The predicted molar refractivity (Wildman–Crippen MR) is 83.9 cm³/mol. The number of hydrogen-bond donors (Lipinski definition) is 0. The van der Waals surface area contributed by atoms with Crippen molar-refractivity contribution >= 4 is 11.8 Å². The van der Waals surface area contributed by atoms with Gasteiger partial charge >= 0.3 is 0 Å². The van der Waals surface area contributed by atoms with E-state index >= 15 is 0 Å². The van der Waals surface area contributed by atoms with Gasteiger partial charge in [-0.1, -0.05) is 6.92 Å². The summed E-state index contributed by atoms with van der Waals surface area (Å²) in [5.41, 5.74) is 0. The zero-order valence-electron chi connectivity index (χ0n) is 13.1. The Morgan fingerprint density at radius 3 is 2.29 bits per heavy atom. The maximum atomic E-state index is 4.74. The Labute approximate surface area is 126 Å². The third-order valence-corrected chi connectivity index (χ3v) is 4.46. The normalized spacial score (nSPS) is 21.8. The fourth-order valence-corrected chi connectivity index (χ4v) is 2.87. The minimum Gasteiger partial charge on any atom is -0.353 e. The van der Waals surface area contributed by atoms with Gasteiger partial charge in [-0.3, -0.25) is 0 Å². The van der Waals surface area contributed by atoms with Crippen LogP contribution in [0.15, 0.2) is 6.20 Å². The number of nitrogens with zero attached hydrogens (tertiary/aromatic N) is 7. The van der Waals surface area contributed by atoms with Gasteiger partial charge in [0.2, 0.25) is 5.95 Å². The summed E-state index contributed by atoms with van der Waals surface area (Å²) in [5, 5.41) is 8.40. The average molecular weight is 291 g/mol. The van der Waals surface area contributed by atoms with Crippen molar-refractivity contribution in [1.82, 2.24) is 25.0 Å². The topological polar surface area (TPSA) is 51.6 Å². The molecule has 0 aliphatic carbocycles. The van der Waals surface area contributed by atoms with Crippen LogP contribution in [0.1, 0.15) is 6.92 Å². The highest BCUT2D eigenvalue weighted by atomic mass is 15.4. The Morgan fingerprint density at radius 1 is 0.952 bits per heavy atom. The summed E-state index contributed by atoms with van der Waals surface area (Å²) < 4.78 is 0. The van der Waals surface area contributed by atoms with Gasteiger partial charge in [-0.15, -0.1) is 5.10 Å². The van der Waals surface area contributed by atoms with Crippen LogP contribution in [0.25, 0.3) is 0 Å².